The van der Waals surface area contributed by atoms with Crippen LogP contribution in [0.5, 0.6) is 5.75 Å². The fourth-order valence-corrected chi connectivity index (χ4v) is 2.64. The van der Waals surface area contributed by atoms with E-state index in [-0.39, 0.29) is 12.6 Å². The molecule has 0 saturated carbocycles. The molecule has 1 amide bonds. The highest BCUT2D eigenvalue weighted by atomic mass is 16.6. The first-order valence-electron chi connectivity index (χ1n) is 7.90. The first-order valence-corrected chi connectivity index (χ1v) is 7.90. The molecule has 1 aliphatic rings. The summed E-state index contributed by atoms with van der Waals surface area (Å²) in [6.07, 6.45) is 1.23. The lowest BCUT2D eigenvalue weighted by Gasteiger charge is -2.42. The SMILES string of the molecule is COc1cc(N)ncc1N1CCN(C(=O)OC(C)(C)C)C(CO)C1. The third-order valence-electron chi connectivity index (χ3n) is 3.75. The van der Waals surface area contributed by atoms with E-state index in [4.69, 9.17) is 15.2 Å². The van der Waals surface area contributed by atoms with Crippen LogP contribution in [0.1, 0.15) is 20.8 Å². The van der Waals surface area contributed by atoms with Crippen LogP contribution < -0.4 is 15.4 Å². The molecule has 1 atom stereocenters. The molecule has 1 fully saturated rings. The van der Waals surface area contributed by atoms with E-state index in [1.807, 2.05) is 25.7 Å². The molecular weight excluding hydrogens is 312 g/mol. The average Bonchev–Trinajstić information content (AvgIpc) is 2.52. The van der Waals surface area contributed by atoms with E-state index in [0.717, 1.165) is 5.69 Å². The Labute approximate surface area is 142 Å². The summed E-state index contributed by atoms with van der Waals surface area (Å²) >= 11 is 0. The summed E-state index contributed by atoms with van der Waals surface area (Å²) in [6.45, 7) is 6.78. The minimum atomic E-state index is -0.571. The molecule has 2 heterocycles. The van der Waals surface area contributed by atoms with Gasteiger partial charge in [0, 0.05) is 25.7 Å². The summed E-state index contributed by atoms with van der Waals surface area (Å²) in [5.74, 6) is 0.992. The van der Waals surface area contributed by atoms with Gasteiger partial charge in [-0.05, 0) is 20.8 Å². The zero-order valence-corrected chi connectivity index (χ0v) is 14.7. The molecular formula is C16H26N4O4. The van der Waals surface area contributed by atoms with E-state index in [9.17, 15) is 9.90 Å². The molecule has 1 aromatic rings. The van der Waals surface area contributed by atoms with Crippen molar-refractivity contribution in [3.05, 3.63) is 12.3 Å². The maximum absolute atomic E-state index is 12.3. The van der Waals surface area contributed by atoms with Gasteiger partial charge in [0.25, 0.3) is 0 Å². The van der Waals surface area contributed by atoms with E-state index < -0.39 is 11.7 Å². The number of nitrogens with zero attached hydrogens (tertiary/aromatic N) is 3. The van der Waals surface area contributed by atoms with Crippen molar-refractivity contribution in [2.45, 2.75) is 32.4 Å². The van der Waals surface area contributed by atoms with Crippen LogP contribution in [0.25, 0.3) is 0 Å². The molecule has 8 nitrogen and oxygen atoms in total. The number of amides is 1. The normalized spacial score (nSPS) is 18.5. The van der Waals surface area contributed by atoms with E-state index in [2.05, 4.69) is 4.98 Å². The molecule has 0 spiro atoms. The van der Waals surface area contributed by atoms with Crippen LogP contribution in [0.4, 0.5) is 16.3 Å². The van der Waals surface area contributed by atoms with Gasteiger partial charge in [-0.2, -0.15) is 0 Å². The Morgan fingerprint density at radius 2 is 2.17 bits per heavy atom. The third-order valence-corrected chi connectivity index (χ3v) is 3.75. The van der Waals surface area contributed by atoms with Gasteiger partial charge in [-0.1, -0.05) is 0 Å². The third kappa shape index (κ3) is 4.19. The molecule has 1 saturated heterocycles. The molecule has 8 heteroatoms. The predicted octanol–water partition coefficient (Wildman–Crippen LogP) is 1.09. The molecule has 1 unspecified atom stereocenters. The number of aromatic nitrogens is 1. The monoisotopic (exact) mass is 338 g/mol. The van der Waals surface area contributed by atoms with Crippen LogP contribution in [0, 0.1) is 0 Å². The maximum Gasteiger partial charge on any atom is 0.410 e. The lowest BCUT2D eigenvalue weighted by Crippen LogP contribution is -2.57. The Morgan fingerprint density at radius 1 is 1.46 bits per heavy atom. The van der Waals surface area contributed by atoms with Gasteiger partial charge in [-0.15, -0.1) is 0 Å². The highest BCUT2D eigenvalue weighted by Crippen LogP contribution is 2.30. The second-order valence-corrected chi connectivity index (χ2v) is 6.74. The van der Waals surface area contributed by atoms with Gasteiger partial charge in [0.1, 0.15) is 17.2 Å². The smallest absolute Gasteiger partial charge is 0.410 e. The number of carbonyl (C=O) groups is 1. The standard InChI is InChI=1S/C16H26N4O4/c1-16(2,3)24-15(22)20-6-5-19(9-11(20)10-21)12-8-18-14(17)7-13(12)23-4/h7-8,11,21H,5-6,9-10H2,1-4H3,(H2,17,18). The van der Waals surface area contributed by atoms with Crippen LogP contribution in [-0.4, -0.2) is 66.1 Å². The number of methoxy groups -OCH3 is 1. The minimum Gasteiger partial charge on any atom is -0.494 e. The summed E-state index contributed by atoms with van der Waals surface area (Å²) < 4.78 is 10.8. The fourth-order valence-electron chi connectivity index (χ4n) is 2.64. The first-order chi connectivity index (χ1) is 11.2. The molecule has 3 N–H and O–H groups in total. The zero-order valence-electron chi connectivity index (χ0n) is 14.7. The summed E-state index contributed by atoms with van der Waals surface area (Å²) in [5.41, 5.74) is 5.90. The number of hydrogen-bond acceptors (Lipinski definition) is 7. The Kier molecular flexibility index (Phi) is 5.38. The molecule has 0 bridgehead atoms. The number of aliphatic hydroxyl groups excluding tert-OH is 1. The summed E-state index contributed by atoms with van der Waals surface area (Å²) in [5, 5.41) is 9.70. The van der Waals surface area contributed by atoms with Gasteiger partial charge in [0.2, 0.25) is 0 Å². The van der Waals surface area contributed by atoms with Gasteiger partial charge < -0.3 is 25.2 Å². The number of rotatable bonds is 3. The second-order valence-electron chi connectivity index (χ2n) is 6.74. The number of piperazine rings is 1. The van der Waals surface area contributed by atoms with Crippen molar-refractivity contribution in [3.8, 4) is 5.75 Å². The molecule has 0 aromatic carbocycles. The fraction of sp³-hybridized carbons (Fsp3) is 0.625. The molecule has 2 rings (SSSR count). The van der Waals surface area contributed by atoms with Gasteiger partial charge >= 0.3 is 6.09 Å². The molecule has 24 heavy (non-hydrogen) atoms. The van der Waals surface area contributed by atoms with Crippen molar-refractivity contribution >= 4 is 17.6 Å². The van der Waals surface area contributed by atoms with E-state index in [1.54, 1.807) is 24.3 Å². The number of hydrogen-bond donors (Lipinski definition) is 2. The Bertz CT molecular complexity index is 588. The number of pyridine rings is 1. The highest BCUT2D eigenvalue weighted by Gasteiger charge is 2.33. The molecule has 1 aliphatic heterocycles. The van der Waals surface area contributed by atoms with E-state index >= 15 is 0 Å². The van der Waals surface area contributed by atoms with Gasteiger partial charge in [-0.3, -0.25) is 4.90 Å². The molecule has 1 aromatic heterocycles. The van der Waals surface area contributed by atoms with Gasteiger partial charge in [0.15, 0.2) is 0 Å². The summed E-state index contributed by atoms with van der Waals surface area (Å²) in [6, 6.07) is 1.29. The first kappa shape index (κ1) is 18.1. The highest BCUT2D eigenvalue weighted by molar-refractivity contribution is 5.69. The van der Waals surface area contributed by atoms with Crippen LogP contribution >= 0.6 is 0 Å². The predicted molar refractivity (Wildman–Crippen MR) is 91.2 cm³/mol. The Balaban J connectivity index is 2.14. The van der Waals surface area contributed by atoms with Crippen LogP contribution in [0.2, 0.25) is 0 Å². The largest absolute Gasteiger partial charge is 0.494 e. The maximum atomic E-state index is 12.3. The Hall–Kier alpha value is -2.22. The number of aliphatic hydroxyl groups is 1. The number of carbonyl (C=O) groups excluding carboxylic acids is 1. The van der Waals surface area contributed by atoms with Crippen molar-refractivity contribution in [3.63, 3.8) is 0 Å². The lowest BCUT2D eigenvalue weighted by atomic mass is 10.1. The van der Waals surface area contributed by atoms with Crippen molar-refractivity contribution in [2.24, 2.45) is 0 Å². The number of nitrogen functional groups attached to an aromatic ring is 1. The zero-order chi connectivity index (χ0) is 17.9. The van der Waals surface area contributed by atoms with Crippen molar-refractivity contribution in [1.82, 2.24) is 9.88 Å². The average molecular weight is 338 g/mol. The number of ether oxygens (including phenoxy) is 2. The lowest BCUT2D eigenvalue weighted by molar-refractivity contribution is 0.00702. The summed E-state index contributed by atoms with van der Waals surface area (Å²) in [7, 11) is 1.57. The number of anilines is 2. The van der Waals surface area contributed by atoms with Crippen molar-refractivity contribution in [2.75, 3.05) is 44.0 Å². The van der Waals surface area contributed by atoms with Crippen LogP contribution in [0.3, 0.4) is 0 Å². The molecule has 134 valence electrons. The molecule has 0 aliphatic carbocycles. The molecule has 0 radical (unpaired) electrons. The number of nitrogens with two attached hydrogens (primary N) is 1. The summed E-state index contributed by atoms with van der Waals surface area (Å²) in [4.78, 5) is 20.0. The van der Waals surface area contributed by atoms with Gasteiger partial charge in [-0.25, -0.2) is 9.78 Å². The van der Waals surface area contributed by atoms with Crippen LogP contribution in [-0.2, 0) is 4.74 Å². The van der Waals surface area contributed by atoms with E-state index in [0.29, 0.717) is 31.2 Å². The van der Waals surface area contributed by atoms with Crippen molar-refractivity contribution < 1.29 is 19.4 Å². The second kappa shape index (κ2) is 7.12. The quantitative estimate of drug-likeness (QED) is 0.850. The van der Waals surface area contributed by atoms with Gasteiger partial charge in [0.05, 0.1) is 31.6 Å². The minimum absolute atomic E-state index is 0.152. The van der Waals surface area contributed by atoms with E-state index in [1.165, 1.54) is 0 Å². The Morgan fingerprint density at radius 3 is 2.75 bits per heavy atom. The van der Waals surface area contributed by atoms with Crippen molar-refractivity contribution in [1.29, 1.82) is 0 Å². The topological polar surface area (TPSA) is 101 Å². The van der Waals surface area contributed by atoms with Crippen LogP contribution in [0.15, 0.2) is 12.3 Å².